The van der Waals surface area contributed by atoms with Crippen molar-refractivity contribution in [2.75, 3.05) is 26.2 Å². The molecule has 1 aromatic heterocycles. The van der Waals surface area contributed by atoms with Gasteiger partial charge in [-0.1, -0.05) is 12.1 Å². The number of aromatic nitrogens is 2. The van der Waals surface area contributed by atoms with Crippen LogP contribution in [-0.4, -0.2) is 62.5 Å². The number of carbonyl (C=O) groups excluding carboxylic acids is 2. The van der Waals surface area contributed by atoms with Crippen molar-refractivity contribution in [3.05, 3.63) is 56.9 Å². The molecule has 0 atom stereocenters. The number of piperidine rings is 1. The molecule has 0 saturated carbocycles. The van der Waals surface area contributed by atoms with Crippen molar-refractivity contribution in [2.45, 2.75) is 46.1 Å². The van der Waals surface area contributed by atoms with Gasteiger partial charge in [-0.05, 0) is 57.2 Å². The van der Waals surface area contributed by atoms with Gasteiger partial charge in [-0.15, -0.1) is 0 Å². The topological polar surface area (TPSA) is 102 Å². The fraction of sp³-hybridized carbons (Fsp3) is 0.522. The van der Waals surface area contributed by atoms with E-state index < -0.39 is 4.92 Å². The van der Waals surface area contributed by atoms with E-state index in [9.17, 15) is 19.7 Å². The van der Waals surface area contributed by atoms with Gasteiger partial charge in [0, 0.05) is 37.7 Å². The van der Waals surface area contributed by atoms with E-state index in [-0.39, 0.29) is 23.4 Å². The highest BCUT2D eigenvalue weighted by Crippen LogP contribution is 2.24. The van der Waals surface area contributed by atoms with Crippen LogP contribution >= 0.6 is 0 Å². The van der Waals surface area contributed by atoms with E-state index in [0.717, 1.165) is 44.3 Å². The number of likely N-dealkylation sites (tertiary alicyclic amines) is 2. The van der Waals surface area contributed by atoms with Crippen LogP contribution < -0.4 is 0 Å². The zero-order chi connectivity index (χ0) is 22.8. The fourth-order valence-electron chi connectivity index (χ4n) is 4.74. The van der Waals surface area contributed by atoms with E-state index in [0.29, 0.717) is 36.6 Å². The van der Waals surface area contributed by atoms with E-state index in [1.807, 2.05) is 21.9 Å². The molecule has 2 amide bonds. The van der Waals surface area contributed by atoms with Crippen molar-refractivity contribution in [3.63, 3.8) is 0 Å². The predicted molar refractivity (Wildman–Crippen MR) is 118 cm³/mol. The van der Waals surface area contributed by atoms with Crippen LogP contribution in [0.4, 0.5) is 5.69 Å². The zero-order valence-corrected chi connectivity index (χ0v) is 18.6. The minimum atomic E-state index is -0.405. The molecular formula is C23H29N5O4. The number of carbonyl (C=O) groups is 2. The fourth-order valence-corrected chi connectivity index (χ4v) is 4.74. The molecule has 170 valence electrons. The molecule has 0 spiro atoms. The molecule has 2 aliphatic heterocycles. The molecule has 0 bridgehead atoms. The third-order valence-electron chi connectivity index (χ3n) is 6.61. The van der Waals surface area contributed by atoms with Crippen molar-refractivity contribution in [1.29, 1.82) is 0 Å². The Hall–Kier alpha value is -3.23. The summed E-state index contributed by atoms with van der Waals surface area (Å²) in [5.74, 6) is 0.262. The van der Waals surface area contributed by atoms with Crippen LogP contribution in [0.25, 0.3) is 0 Å². The van der Waals surface area contributed by atoms with E-state index in [1.165, 1.54) is 0 Å². The van der Waals surface area contributed by atoms with Gasteiger partial charge in [-0.3, -0.25) is 24.4 Å². The highest BCUT2D eigenvalue weighted by atomic mass is 16.6. The number of amides is 2. The number of aryl methyl sites for hydroxylation is 1. The minimum Gasteiger partial charge on any atom is -0.342 e. The highest BCUT2D eigenvalue weighted by molar-refractivity contribution is 5.94. The Labute approximate surface area is 187 Å². The molecule has 2 aromatic rings. The van der Waals surface area contributed by atoms with Crippen molar-refractivity contribution in [1.82, 2.24) is 19.6 Å². The molecule has 9 heteroatoms. The Balaban J connectivity index is 1.35. The second-order valence-corrected chi connectivity index (χ2v) is 8.73. The smallest absolute Gasteiger partial charge is 0.312 e. The Morgan fingerprint density at radius 1 is 1.03 bits per heavy atom. The van der Waals surface area contributed by atoms with Gasteiger partial charge >= 0.3 is 5.69 Å². The molecule has 4 rings (SSSR count). The first-order valence-electron chi connectivity index (χ1n) is 11.2. The molecule has 0 radical (unpaired) electrons. The largest absolute Gasteiger partial charge is 0.342 e. The van der Waals surface area contributed by atoms with E-state index in [4.69, 9.17) is 0 Å². The van der Waals surface area contributed by atoms with Crippen LogP contribution in [0.5, 0.6) is 0 Å². The van der Waals surface area contributed by atoms with E-state index in [1.54, 1.807) is 30.7 Å². The van der Waals surface area contributed by atoms with Gasteiger partial charge in [0.1, 0.15) is 11.4 Å². The van der Waals surface area contributed by atoms with E-state index in [2.05, 4.69) is 5.10 Å². The summed E-state index contributed by atoms with van der Waals surface area (Å²) in [5, 5.41) is 15.5. The molecule has 2 fully saturated rings. The Bertz CT molecular complexity index is 1020. The maximum atomic E-state index is 12.9. The van der Waals surface area contributed by atoms with Crippen molar-refractivity contribution >= 4 is 17.5 Å². The normalized spacial score (nSPS) is 17.1. The third kappa shape index (κ3) is 4.37. The van der Waals surface area contributed by atoms with Crippen LogP contribution in [-0.2, 0) is 11.3 Å². The molecule has 0 N–H and O–H groups in total. The molecule has 0 unspecified atom stereocenters. The van der Waals surface area contributed by atoms with Gasteiger partial charge in [0.2, 0.25) is 5.91 Å². The van der Waals surface area contributed by atoms with Crippen LogP contribution in [0.2, 0.25) is 0 Å². The lowest BCUT2D eigenvalue weighted by molar-refractivity contribution is -0.386. The summed E-state index contributed by atoms with van der Waals surface area (Å²) in [4.78, 5) is 40.1. The quantitative estimate of drug-likeness (QED) is 0.527. The zero-order valence-electron chi connectivity index (χ0n) is 18.6. The number of nitro groups is 1. The Kier molecular flexibility index (Phi) is 6.25. The molecule has 32 heavy (non-hydrogen) atoms. The summed E-state index contributed by atoms with van der Waals surface area (Å²) >= 11 is 0. The number of hydrogen-bond donors (Lipinski definition) is 0. The summed E-state index contributed by atoms with van der Waals surface area (Å²) in [6.07, 6.45) is 3.62. The van der Waals surface area contributed by atoms with Gasteiger partial charge < -0.3 is 9.80 Å². The lowest BCUT2D eigenvalue weighted by Gasteiger charge is -2.33. The van der Waals surface area contributed by atoms with Crippen LogP contribution in [0.3, 0.4) is 0 Å². The van der Waals surface area contributed by atoms with Gasteiger partial charge in [0.05, 0.1) is 11.5 Å². The van der Waals surface area contributed by atoms with Gasteiger partial charge in [0.25, 0.3) is 5.91 Å². The highest BCUT2D eigenvalue weighted by Gasteiger charge is 2.31. The van der Waals surface area contributed by atoms with Gasteiger partial charge in [-0.2, -0.15) is 5.10 Å². The lowest BCUT2D eigenvalue weighted by Crippen LogP contribution is -2.43. The number of rotatable bonds is 5. The summed E-state index contributed by atoms with van der Waals surface area (Å²) < 4.78 is 1.62. The second kappa shape index (κ2) is 9.10. The minimum absolute atomic E-state index is 0.0228. The molecule has 0 aliphatic carbocycles. The summed E-state index contributed by atoms with van der Waals surface area (Å²) in [6, 6.07) is 7.30. The molecular weight excluding hydrogens is 410 g/mol. The van der Waals surface area contributed by atoms with Crippen LogP contribution in [0.1, 0.15) is 53.0 Å². The van der Waals surface area contributed by atoms with Gasteiger partial charge in [-0.25, -0.2) is 0 Å². The first-order valence-corrected chi connectivity index (χ1v) is 11.2. The molecule has 3 heterocycles. The monoisotopic (exact) mass is 439 g/mol. The van der Waals surface area contributed by atoms with Crippen molar-refractivity contribution < 1.29 is 14.5 Å². The number of nitrogens with zero attached hydrogens (tertiary/aromatic N) is 5. The Morgan fingerprint density at radius 3 is 2.22 bits per heavy atom. The summed E-state index contributed by atoms with van der Waals surface area (Å²) in [7, 11) is 0. The van der Waals surface area contributed by atoms with Crippen molar-refractivity contribution in [2.24, 2.45) is 5.92 Å². The average molecular weight is 440 g/mol. The molecule has 2 saturated heterocycles. The predicted octanol–water partition coefficient (Wildman–Crippen LogP) is 2.93. The standard InChI is InChI=1S/C23H29N5O4/c1-16-21(28(31)32)17(2)27(24-16)15-18-5-7-19(8-6-18)22(29)26-13-9-20(10-14-26)23(30)25-11-3-4-12-25/h5-8,20H,3-4,9-15H2,1-2H3. The first-order chi connectivity index (χ1) is 15.3. The van der Waals surface area contributed by atoms with E-state index >= 15 is 0 Å². The molecule has 1 aromatic carbocycles. The average Bonchev–Trinajstić information content (AvgIpc) is 3.42. The van der Waals surface area contributed by atoms with Crippen LogP contribution in [0, 0.1) is 29.9 Å². The number of hydrogen-bond acceptors (Lipinski definition) is 5. The SMILES string of the molecule is Cc1nn(Cc2ccc(C(=O)N3CCC(C(=O)N4CCCC4)CC3)cc2)c(C)c1[N+](=O)[O-]. The first kappa shape index (κ1) is 22.0. The second-order valence-electron chi connectivity index (χ2n) is 8.73. The summed E-state index contributed by atoms with van der Waals surface area (Å²) in [6.45, 7) is 6.66. The third-order valence-corrected chi connectivity index (χ3v) is 6.61. The molecule has 2 aliphatic rings. The lowest BCUT2D eigenvalue weighted by atomic mass is 9.95. The Morgan fingerprint density at radius 2 is 1.66 bits per heavy atom. The van der Waals surface area contributed by atoms with Crippen molar-refractivity contribution in [3.8, 4) is 0 Å². The maximum Gasteiger partial charge on any atom is 0.312 e. The maximum absolute atomic E-state index is 12.9. The van der Waals surface area contributed by atoms with Crippen LogP contribution in [0.15, 0.2) is 24.3 Å². The van der Waals surface area contributed by atoms with Gasteiger partial charge in [0.15, 0.2) is 0 Å². The number of benzene rings is 1. The molecule has 9 nitrogen and oxygen atoms in total. The summed E-state index contributed by atoms with van der Waals surface area (Å²) in [5.41, 5.74) is 2.47.